The van der Waals surface area contributed by atoms with Crippen molar-refractivity contribution in [1.82, 2.24) is 9.80 Å². The van der Waals surface area contributed by atoms with Crippen LogP contribution in [0.1, 0.15) is 11.1 Å². The van der Waals surface area contributed by atoms with Crippen molar-refractivity contribution in [2.24, 2.45) is 10.7 Å². The zero-order chi connectivity index (χ0) is 26.2. The summed E-state index contributed by atoms with van der Waals surface area (Å²) in [5, 5.41) is 0. The zero-order valence-corrected chi connectivity index (χ0v) is 22.3. The summed E-state index contributed by atoms with van der Waals surface area (Å²) in [5.74, 6) is 0.666. The van der Waals surface area contributed by atoms with Gasteiger partial charge in [-0.2, -0.15) is 0 Å². The molecular formula is C30H34N4O3S. The van der Waals surface area contributed by atoms with Crippen LogP contribution in [-0.2, 0) is 20.7 Å². The third kappa shape index (κ3) is 6.82. The van der Waals surface area contributed by atoms with Gasteiger partial charge in [-0.3, -0.25) is 9.69 Å². The Morgan fingerprint density at radius 1 is 0.868 bits per heavy atom. The SMILES string of the molecule is NC(Cc1ccccc1)C(=O)OCCOCCN1CCN(C2=Nc3ccccc3Sc3ccccc32)CC1. The number of nitrogens with zero attached hydrogens (tertiary/aromatic N) is 3. The smallest absolute Gasteiger partial charge is 0.323 e. The van der Waals surface area contributed by atoms with Gasteiger partial charge in [-0.15, -0.1) is 0 Å². The van der Waals surface area contributed by atoms with Crippen molar-refractivity contribution >= 4 is 29.3 Å². The first kappa shape index (κ1) is 26.4. The Labute approximate surface area is 228 Å². The van der Waals surface area contributed by atoms with Crippen molar-refractivity contribution in [3.8, 4) is 0 Å². The number of nitrogens with two attached hydrogens (primary N) is 1. The Morgan fingerprint density at radius 2 is 1.58 bits per heavy atom. The highest BCUT2D eigenvalue weighted by Crippen LogP contribution is 2.40. The van der Waals surface area contributed by atoms with E-state index in [4.69, 9.17) is 20.2 Å². The molecule has 3 aromatic rings. The second kappa shape index (κ2) is 13.1. The third-order valence-electron chi connectivity index (χ3n) is 6.74. The number of aliphatic imine (C=N–C) groups is 1. The average molecular weight is 531 g/mol. The van der Waals surface area contributed by atoms with Gasteiger partial charge in [0.15, 0.2) is 0 Å². The molecule has 198 valence electrons. The maximum atomic E-state index is 12.1. The summed E-state index contributed by atoms with van der Waals surface area (Å²) in [4.78, 5) is 24.5. The van der Waals surface area contributed by atoms with Crippen LogP contribution in [0.4, 0.5) is 5.69 Å². The van der Waals surface area contributed by atoms with E-state index in [0.717, 1.165) is 49.8 Å². The number of piperazine rings is 1. The third-order valence-corrected chi connectivity index (χ3v) is 7.88. The Bertz CT molecular complexity index is 1250. The number of carbonyl (C=O) groups excluding carboxylic acids is 1. The molecule has 0 aromatic heterocycles. The predicted molar refractivity (Wildman–Crippen MR) is 151 cm³/mol. The van der Waals surface area contributed by atoms with Gasteiger partial charge < -0.3 is 20.1 Å². The van der Waals surface area contributed by atoms with E-state index < -0.39 is 12.0 Å². The number of hydrogen-bond acceptors (Lipinski definition) is 8. The Balaban J connectivity index is 1.03. The molecule has 3 aromatic carbocycles. The van der Waals surface area contributed by atoms with Crippen molar-refractivity contribution in [1.29, 1.82) is 0 Å². The maximum Gasteiger partial charge on any atom is 0.323 e. The molecule has 2 aliphatic rings. The molecule has 1 atom stereocenters. The van der Waals surface area contributed by atoms with Crippen LogP contribution in [0, 0.1) is 0 Å². The van der Waals surface area contributed by atoms with Crippen LogP contribution >= 0.6 is 11.8 Å². The maximum absolute atomic E-state index is 12.1. The van der Waals surface area contributed by atoms with Gasteiger partial charge in [0.2, 0.25) is 0 Å². The van der Waals surface area contributed by atoms with E-state index >= 15 is 0 Å². The summed E-state index contributed by atoms with van der Waals surface area (Å²) >= 11 is 1.79. The Morgan fingerprint density at radius 3 is 2.39 bits per heavy atom. The number of fused-ring (bicyclic) bond motifs is 2. The number of esters is 1. The fraction of sp³-hybridized carbons (Fsp3) is 0.333. The van der Waals surface area contributed by atoms with Crippen molar-refractivity contribution in [3.05, 3.63) is 90.0 Å². The van der Waals surface area contributed by atoms with Gasteiger partial charge in [-0.25, -0.2) is 4.99 Å². The summed E-state index contributed by atoms with van der Waals surface area (Å²) < 4.78 is 11.0. The molecule has 5 rings (SSSR count). The van der Waals surface area contributed by atoms with Crippen molar-refractivity contribution < 1.29 is 14.3 Å². The number of rotatable bonds is 9. The monoisotopic (exact) mass is 530 g/mol. The highest BCUT2D eigenvalue weighted by Gasteiger charge is 2.25. The lowest BCUT2D eigenvalue weighted by Crippen LogP contribution is -2.49. The van der Waals surface area contributed by atoms with E-state index in [0.29, 0.717) is 19.6 Å². The molecule has 2 aliphatic heterocycles. The second-order valence-corrected chi connectivity index (χ2v) is 10.5. The number of carbonyl (C=O) groups is 1. The molecule has 1 fully saturated rings. The standard InChI is InChI=1S/C30H34N4O3S/c31-25(22-23-8-2-1-3-9-23)30(35)37-21-20-36-19-18-33-14-16-34(17-15-33)29-24-10-4-6-12-27(24)38-28-13-7-5-11-26(28)32-29/h1-13,25H,14-22,31H2. The first-order valence-electron chi connectivity index (χ1n) is 13.1. The van der Waals surface area contributed by atoms with E-state index in [1.54, 1.807) is 11.8 Å². The number of hydrogen-bond donors (Lipinski definition) is 1. The van der Waals surface area contributed by atoms with E-state index in [1.165, 1.54) is 15.4 Å². The van der Waals surface area contributed by atoms with E-state index in [9.17, 15) is 4.79 Å². The molecule has 0 saturated carbocycles. The minimum atomic E-state index is -0.661. The van der Waals surface area contributed by atoms with Crippen molar-refractivity contribution in [2.45, 2.75) is 22.3 Å². The molecule has 8 heteroatoms. The van der Waals surface area contributed by atoms with Crippen molar-refractivity contribution in [3.63, 3.8) is 0 Å². The summed E-state index contributed by atoms with van der Waals surface area (Å²) in [6.07, 6.45) is 0.468. The molecule has 38 heavy (non-hydrogen) atoms. The topological polar surface area (TPSA) is 80.4 Å². The van der Waals surface area contributed by atoms with Gasteiger partial charge in [-0.1, -0.05) is 72.4 Å². The van der Waals surface area contributed by atoms with Gasteiger partial charge in [0.1, 0.15) is 18.5 Å². The lowest BCUT2D eigenvalue weighted by atomic mass is 10.1. The number of benzene rings is 3. The molecule has 0 aliphatic carbocycles. The molecule has 2 N–H and O–H groups in total. The second-order valence-electron chi connectivity index (χ2n) is 9.41. The van der Waals surface area contributed by atoms with Crippen molar-refractivity contribution in [2.75, 3.05) is 52.5 Å². The normalized spacial score (nSPS) is 16.1. The summed E-state index contributed by atoms with van der Waals surface area (Å²) in [7, 11) is 0. The minimum Gasteiger partial charge on any atom is -0.462 e. The number of ether oxygens (including phenoxy) is 2. The fourth-order valence-electron chi connectivity index (χ4n) is 4.65. The first-order valence-corrected chi connectivity index (χ1v) is 14.0. The van der Waals surface area contributed by atoms with Crippen LogP contribution in [-0.4, -0.2) is 80.2 Å². The molecule has 1 saturated heterocycles. The molecule has 7 nitrogen and oxygen atoms in total. The van der Waals surface area contributed by atoms with Crippen LogP contribution in [0.2, 0.25) is 0 Å². The zero-order valence-electron chi connectivity index (χ0n) is 21.5. The fourth-order valence-corrected chi connectivity index (χ4v) is 5.67. The van der Waals surface area contributed by atoms with Crippen LogP contribution < -0.4 is 5.73 Å². The van der Waals surface area contributed by atoms with E-state index in [-0.39, 0.29) is 6.61 Å². The summed E-state index contributed by atoms with van der Waals surface area (Å²) in [6.45, 7) is 5.75. The van der Waals surface area contributed by atoms with Crippen LogP contribution in [0.15, 0.2) is 93.6 Å². The average Bonchev–Trinajstić information content (AvgIpc) is 3.12. The van der Waals surface area contributed by atoms with E-state index in [2.05, 4.69) is 58.3 Å². The number of para-hydroxylation sites is 1. The number of amidine groups is 1. The van der Waals surface area contributed by atoms with Crippen LogP contribution in [0.3, 0.4) is 0 Å². The van der Waals surface area contributed by atoms with E-state index in [1.807, 2.05) is 30.3 Å². The Hall–Kier alpha value is -3.17. The molecule has 2 heterocycles. The van der Waals surface area contributed by atoms with Gasteiger partial charge in [0.25, 0.3) is 0 Å². The molecule has 1 unspecified atom stereocenters. The molecule has 0 radical (unpaired) electrons. The first-order chi connectivity index (χ1) is 18.7. The highest BCUT2D eigenvalue weighted by atomic mass is 32.2. The lowest BCUT2D eigenvalue weighted by molar-refractivity contribution is -0.146. The van der Waals surface area contributed by atoms with Gasteiger partial charge in [-0.05, 0) is 30.2 Å². The largest absolute Gasteiger partial charge is 0.462 e. The van der Waals surface area contributed by atoms with Crippen LogP contribution in [0.5, 0.6) is 0 Å². The highest BCUT2D eigenvalue weighted by molar-refractivity contribution is 7.99. The minimum absolute atomic E-state index is 0.216. The van der Waals surface area contributed by atoms with Gasteiger partial charge >= 0.3 is 5.97 Å². The van der Waals surface area contributed by atoms with Crippen LogP contribution in [0.25, 0.3) is 0 Å². The molecular weight excluding hydrogens is 496 g/mol. The lowest BCUT2D eigenvalue weighted by Gasteiger charge is -2.36. The van der Waals surface area contributed by atoms with Gasteiger partial charge in [0, 0.05) is 48.1 Å². The predicted octanol–water partition coefficient (Wildman–Crippen LogP) is 3.98. The summed E-state index contributed by atoms with van der Waals surface area (Å²) in [6, 6.07) is 25.9. The Kier molecular flexibility index (Phi) is 9.09. The molecule has 0 bridgehead atoms. The summed E-state index contributed by atoms with van der Waals surface area (Å²) in [5.41, 5.74) is 9.22. The molecule has 0 amide bonds. The quantitative estimate of drug-likeness (QED) is 0.331. The molecule has 0 spiro atoms. The van der Waals surface area contributed by atoms with Gasteiger partial charge in [0.05, 0.1) is 18.9 Å².